The molecular weight excluding hydrogens is 356 g/mol. The quantitative estimate of drug-likeness (QED) is 0.604. The van der Waals surface area contributed by atoms with Gasteiger partial charge in [-0.15, -0.1) is 11.8 Å². The standard InChI is InChI=1S/C18H20N2O5S/c1-9-6-5-7-11(8-9)13(22)19-18(10(2)21)15(25)20-12(14(23)24)17(3,4)26-16(18)20/h5-8,12,16H,1-4H3,(H,19,22)(H,23,24)/t12-,16+,18?/m0/s1. The summed E-state index contributed by atoms with van der Waals surface area (Å²) in [5.41, 5.74) is -0.514. The third kappa shape index (κ3) is 2.43. The number of hydrogen-bond donors (Lipinski definition) is 2. The summed E-state index contributed by atoms with van der Waals surface area (Å²) in [7, 11) is 0. The Bertz CT molecular complexity index is 837. The molecule has 8 heteroatoms. The van der Waals surface area contributed by atoms with Crippen molar-refractivity contribution in [3.63, 3.8) is 0 Å². The van der Waals surface area contributed by atoms with Gasteiger partial charge in [0.15, 0.2) is 5.78 Å². The molecule has 2 fully saturated rings. The van der Waals surface area contributed by atoms with Gasteiger partial charge in [-0.25, -0.2) is 4.79 Å². The van der Waals surface area contributed by atoms with Gasteiger partial charge in [-0.1, -0.05) is 17.7 Å². The normalized spacial score (nSPS) is 28.9. The fourth-order valence-electron chi connectivity index (χ4n) is 3.62. The summed E-state index contributed by atoms with van der Waals surface area (Å²) < 4.78 is -0.780. The van der Waals surface area contributed by atoms with E-state index in [9.17, 15) is 24.3 Å². The first-order valence-corrected chi connectivity index (χ1v) is 9.04. The van der Waals surface area contributed by atoms with Crippen LogP contribution in [0.25, 0.3) is 0 Å². The Morgan fingerprint density at radius 2 is 1.92 bits per heavy atom. The van der Waals surface area contributed by atoms with Crippen molar-refractivity contribution in [2.75, 3.05) is 0 Å². The van der Waals surface area contributed by atoms with Crippen molar-refractivity contribution in [1.82, 2.24) is 10.2 Å². The number of thioether (sulfide) groups is 1. The lowest BCUT2D eigenvalue weighted by Crippen LogP contribution is -2.82. The van der Waals surface area contributed by atoms with Gasteiger partial charge >= 0.3 is 5.97 Å². The molecule has 0 aromatic heterocycles. The molecule has 2 N–H and O–H groups in total. The zero-order valence-corrected chi connectivity index (χ0v) is 15.7. The summed E-state index contributed by atoms with van der Waals surface area (Å²) in [5.74, 6) is -2.82. The van der Waals surface area contributed by atoms with Crippen molar-refractivity contribution in [2.45, 2.75) is 49.4 Å². The summed E-state index contributed by atoms with van der Waals surface area (Å²) in [5, 5.41) is 11.4. The third-order valence-corrected chi connectivity index (χ3v) is 6.56. The van der Waals surface area contributed by atoms with E-state index in [0.717, 1.165) is 5.56 Å². The van der Waals surface area contributed by atoms with E-state index in [-0.39, 0.29) is 0 Å². The maximum atomic E-state index is 12.9. The Hall–Kier alpha value is -2.35. The van der Waals surface area contributed by atoms with E-state index >= 15 is 0 Å². The molecule has 138 valence electrons. The first-order valence-electron chi connectivity index (χ1n) is 8.16. The number of carboxylic acids is 1. The highest BCUT2D eigenvalue weighted by Gasteiger charge is 2.74. The van der Waals surface area contributed by atoms with Crippen molar-refractivity contribution in [3.05, 3.63) is 35.4 Å². The Labute approximate surface area is 155 Å². The molecule has 1 unspecified atom stereocenters. The van der Waals surface area contributed by atoms with Crippen molar-refractivity contribution in [2.24, 2.45) is 0 Å². The van der Waals surface area contributed by atoms with E-state index < -0.39 is 45.3 Å². The molecule has 2 aliphatic heterocycles. The molecule has 2 heterocycles. The number of rotatable bonds is 4. The fraction of sp³-hybridized carbons (Fsp3) is 0.444. The molecule has 0 spiro atoms. The number of carboxylic acid groups (broad SMARTS) is 1. The molecule has 3 rings (SSSR count). The number of aliphatic carboxylic acids is 1. The number of hydrogen-bond acceptors (Lipinski definition) is 5. The number of aryl methyl sites for hydroxylation is 1. The van der Waals surface area contributed by atoms with Crippen LogP contribution in [0.4, 0.5) is 0 Å². The van der Waals surface area contributed by atoms with Gasteiger partial charge in [0.25, 0.3) is 11.8 Å². The van der Waals surface area contributed by atoms with Crippen molar-refractivity contribution in [1.29, 1.82) is 0 Å². The molecule has 0 saturated carbocycles. The largest absolute Gasteiger partial charge is 0.480 e. The van der Waals surface area contributed by atoms with E-state index in [1.807, 2.05) is 13.0 Å². The predicted molar refractivity (Wildman–Crippen MR) is 95.8 cm³/mol. The van der Waals surface area contributed by atoms with Gasteiger partial charge < -0.3 is 15.3 Å². The number of β-lactam (4-membered cyclic amide) rings is 1. The Balaban J connectivity index is 1.96. The summed E-state index contributed by atoms with van der Waals surface area (Å²) in [4.78, 5) is 50.8. The highest BCUT2D eigenvalue weighted by molar-refractivity contribution is 8.01. The minimum atomic E-state index is -1.73. The molecule has 26 heavy (non-hydrogen) atoms. The number of ketones is 1. The van der Waals surface area contributed by atoms with Crippen LogP contribution < -0.4 is 5.32 Å². The van der Waals surface area contributed by atoms with E-state index in [1.165, 1.54) is 23.6 Å². The lowest BCUT2D eigenvalue weighted by molar-refractivity contribution is -0.170. The van der Waals surface area contributed by atoms with Gasteiger partial charge in [0.05, 0.1) is 0 Å². The van der Waals surface area contributed by atoms with Crippen LogP contribution in [0.15, 0.2) is 24.3 Å². The van der Waals surface area contributed by atoms with Crippen LogP contribution in [0.2, 0.25) is 0 Å². The van der Waals surface area contributed by atoms with Crippen LogP contribution in [0.1, 0.15) is 36.7 Å². The molecule has 1 aromatic rings. The molecule has 0 aliphatic carbocycles. The average Bonchev–Trinajstić information content (AvgIpc) is 2.80. The fourth-order valence-corrected chi connectivity index (χ4v) is 5.38. The van der Waals surface area contributed by atoms with Crippen LogP contribution in [-0.4, -0.2) is 55.3 Å². The number of nitrogens with one attached hydrogen (secondary N) is 1. The number of nitrogens with zero attached hydrogens (tertiary/aromatic N) is 1. The SMILES string of the molecule is CC(=O)C1(NC(=O)c2cccc(C)c2)C(=O)N2[C@@H](C(=O)O)C(C)(C)S[C@@H]21. The van der Waals surface area contributed by atoms with Gasteiger partial charge in [-0.05, 0) is 39.8 Å². The summed E-state index contributed by atoms with van der Waals surface area (Å²) in [6.45, 7) is 6.51. The zero-order valence-electron chi connectivity index (χ0n) is 14.9. The summed E-state index contributed by atoms with van der Waals surface area (Å²) in [6.07, 6.45) is 0. The first-order chi connectivity index (χ1) is 12.0. The molecule has 2 saturated heterocycles. The number of carbonyl (C=O) groups excluding carboxylic acids is 3. The van der Waals surface area contributed by atoms with Crippen LogP contribution >= 0.6 is 11.8 Å². The van der Waals surface area contributed by atoms with E-state index in [1.54, 1.807) is 32.0 Å². The molecular formula is C18H20N2O5S. The van der Waals surface area contributed by atoms with Crippen LogP contribution in [-0.2, 0) is 14.4 Å². The number of benzene rings is 1. The van der Waals surface area contributed by atoms with Crippen LogP contribution in [0.3, 0.4) is 0 Å². The number of Topliss-reactive ketones (excluding diaryl/α,β-unsaturated/α-hetero) is 1. The van der Waals surface area contributed by atoms with Crippen LogP contribution in [0, 0.1) is 6.92 Å². The third-order valence-electron chi connectivity index (χ3n) is 4.93. The van der Waals surface area contributed by atoms with Crippen molar-refractivity contribution < 1.29 is 24.3 Å². The summed E-state index contributed by atoms with van der Waals surface area (Å²) in [6, 6.07) is 5.76. The molecule has 3 atom stereocenters. The molecule has 2 amide bonds. The minimum absolute atomic E-state index is 0.342. The Kier molecular flexibility index (Phi) is 4.14. The van der Waals surface area contributed by atoms with Gasteiger partial charge in [0, 0.05) is 10.3 Å². The second-order valence-corrected chi connectivity index (χ2v) is 8.95. The highest BCUT2D eigenvalue weighted by Crippen LogP contribution is 2.55. The Morgan fingerprint density at radius 1 is 1.27 bits per heavy atom. The molecule has 2 aliphatic rings. The molecule has 0 radical (unpaired) electrons. The summed E-state index contributed by atoms with van der Waals surface area (Å²) >= 11 is 1.22. The van der Waals surface area contributed by atoms with E-state index in [2.05, 4.69) is 5.32 Å². The lowest BCUT2D eigenvalue weighted by atomic mass is 9.81. The van der Waals surface area contributed by atoms with Crippen molar-refractivity contribution in [3.8, 4) is 0 Å². The molecule has 7 nitrogen and oxygen atoms in total. The highest BCUT2D eigenvalue weighted by atomic mass is 32.2. The zero-order chi connectivity index (χ0) is 19.4. The number of amides is 2. The van der Waals surface area contributed by atoms with Gasteiger partial charge in [-0.2, -0.15) is 0 Å². The minimum Gasteiger partial charge on any atom is -0.480 e. The second kappa shape index (κ2) is 5.84. The van der Waals surface area contributed by atoms with Crippen molar-refractivity contribution >= 4 is 35.3 Å². The topological polar surface area (TPSA) is 104 Å². The Morgan fingerprint density at radius 3 is 2.46 bits per heavy atom. The smallest absolute Gasteiger partial charge is 0.327 e. The predicted octanol–water partition coefficient (Wildman–Crippen LogP) is 1.20. The number of carbonyl (C=O) groups is 4. The van der Waals surface area contributed by atoms with E-state index in [4.69, 9.17) is 0 Å². The second-order valence-electron chi connectivity index (χ2n) is 7.21. The monoisotopic (exact) mass is 376 g/mol. The average molecular weight is 376 g/mol. The van der Waals surface area contributed by atoms with Gasteiger partial charge in [0.2, 0.25) is 5.54 Å². The van der Waals surface area contributed by atoms with E-state index in [0.29, 0.717) is 5.56 Å². The van der Waals surface area contributed by atoms with Crippen LogP contribution in [0.5, 0.6) is 0 Å². The lowest BCUT2D eigenvalue weighted by Gasteiger charge is -2.51. The molecule has 0 bridgehead atoms. The maximum absolute atomic E-state index is 12.9. The maximum Gasteiger partial charge on any atom is 0.327 e. The first kappa shape index (κ1) is 18.4. The van der Waals surface area contributed by atoms with Gasteiger partial charge in [0.1, 0.15) is 11.4 Å². The molecule has 1 aromatic carbocycles. The van der Waals surface area contributed by atoms with Gasteiger partial charge in [-0.3, -0.25) is 14.4 Å². The number of fused-ring (bicyclic) bond motifs is 1.